The van der Waals surface area contributed by atoms with Crippen molar-refractivity contribution in [1.29, 1.82) is 0 Å². The molecule has 0 radical (unpaired) electrons. The standard InChI is InChI=1S/C13H10N4O/c18-13(10-4-6-14-7-5-10)16-11-9-17-8-2-1-3-12(17)15-11/h1-9H,(H,16,18). The highest BCUT2D eigenvalue weighted by atomic mass is 16.1. The van der Waals surface area contributed by atoms with E-state index in [1.807, 2.05) is 28.8 Å². The monoisotopic (exact) mass is 238 g/mol. The molecule has 0 unspecified atom stereocenters. The van der Waals surface area contributed by atoms with Gasteiger partial charge in [0.05, 0.1) is 6.20 Å². The third kappa shape index (κ3) is 1.93. The van der Waals surface area contributed by atoms with Crippen molar-refractivity contribution in [3.05, 3.63) is 60.7 Å². The van der Waals surface area contributed by atoms with Gasteiger partial charge in [-0.05, 0) is 24.3 Å². The highest BCUT2D eigenvalue weighted by Gasteiger charge is 2.07. The molecule has 3 aromatic rings. The average molecular weight is 238 g/mol. The van der Waals surface area contributed by atoms with Crippen LogP contribution in [-0.4, -0.2) is 20.3 Å². The zero-order chi connectivity index (χ0) is 12.4. The number of imidazole rings is 1. The summed E-state index contributed by atoms with van der Waals surface area (Å²) in [4.78, 5) is 20.1. The van der Waals surface area contributed by atoms with Crippen LogP contribution in [-0.2, 0) is 0 Å². The Morgan fingerprint density at radius 3 is 2.78 bits per heavy atom. The highest BCUT2D eigenvalue weighted by Crippen LogP contribution is 2.10. The van der Waals surface area contributed by atoms with Crippen LogP contribution >= 0.6 is 0 Å². The number of anilines is 1. The lowest BCUT2D eigenvalue weighted by Crippen LogP contribution is -2.11. The molecule has 0 aliphatic carbocycles. The lowest BCUT2D eigenvalue weighted by molar-refractivity contribution is 0.102. The first-order chi connectivity index (χ1) is 8.83. The van der Waals surface area contributed by atoms with Crippen LogP contribution in [0.5, 0.6) is 0 Å². The van der Waals surface area contributed by atoms with E-state index < -0.39 is 0 Å². The fourth-order valence-electron chi connectivity index (χ4n) is 1.69. The van der Waals surface area contributed by atoms with Gasteiger partial charge < -0.3 is 9.72 Å². The Balaban J connectivity index is 1.86. The third-order valence-corrected chi connectivity index (χ3v) is 2.55. The van der Waals surface area contributed by atoms with E-state index in [4.69, 9.17) is 0 Å². The molecule has 3 rings (SSSR count). The number of hydrogen-bond acceptors (Lipinski definition) is 3. The van der Waals surface area contributed by atoms with Gasteiger partial charge in [0.25, 0.3) is 5.91 Å². The number of carbonyl (C=O) groups is 1. The van der Waals surface area contributed by atoms with Crippen LogP contribution in [0.15, 0.2) is 55.1 Å². The smallest absolute Gasteiger partial charge is 0.256 e. The number of rotatable bonds is 2. The first kappa shape index (κ1) is 10.5. The van der Waals surface area contributed by atoms with Crippen molar-refractivity contribution >= 4 is 17.4 Å². The van der Waals surface area contributed by atoms with Crippen molar-refractivity contribution in [3.63, 3.8) is 0 Å². The molecule has 1 amide bonds. The number of aromatic nitrogens is 3. The Morgan fingerprint density at radius 2 is 2.00 bits per heavy atom. The van der Waals surface area contributed by atoms with Gasteiger partial charge in [-0.3, -0.25) is 9.78 Å². The number of nitrogens with one attached hydrogen (secondary N) is 1. The molecule has 0 saturated heterocycles. The number of pyridine rings is 2. The summed E-state index contributed by atoms with van der Waals surface area (Å²) in [6.45, 7) is 0. The molecule has 5 heteroatoms. The molecule has 3 aromatic heterocycles. The molecule has 0 saturated carbocycles. The summed E-state index contributed by atoms with van der Waals surface area (Å²) in [6.07, 6.45) is 6.82. The number of hydrogen-bond donors (Lipinski definition) is 1. The molecule has 0 aliphatic heterocycles. The second-order valence-corrected chi connectivity index (χ2v) is 3.78. The Hall–Kier alpha value is -2.69. The molecule has 0 bridgehead atoms. The first-order valence-corrected chi connectivity index (χ1v) is 5.48. The second-order valence-electron chi connectivity index (χ2n) is 3.78. The minimum absolute atomic E-state index is 0.194. The molecular weight excluding hydrogens is 228 g/mol. The van der Waals surface area contributed by atoms with Crippen molar-refractivity contribution in [2.45, 2.75) is 0 Å². The topological polar surface area (TPSA) is 59.3 Å². The number of fused-ring (bicyclic) bond motifs is 1. The second kappa shape index (κ2) is 4.29. The largest absolute Gasteiger partial charge is 0.305 e. The SMILES string of the molecule is O=C(Nc1cn2ccccc2n1)c1ccncc1. The molecule has 0 fully saturated rings. The third-order valence-electron chi connectivity index (χ3n) is 2.55. The minimum Gasteiger partial charge on any atom is -0.305 e. The number of carbonyl (C=O) groups excluding carboxylic acids is 1. The van der Waals surface area contributed by atoms with E-state index in [1.54, 1.807) is 30.7 Å². The van der Waals surface area contributed by atoms with Crippen LogP contribution in [0.2, 0.25) is 0 Å². The van der Waals surface area contributed by atoms with E-state index in [0.717, 1.165) is 5.65 Å². The van der Waals surface area contributed by atoms with Crippen LogP contribution < -0.4 is 5.32 Å². The van der Waals surface area contributed by atoms with Crippen LogP contribution in [0, 0.1) is 0 Å². The molecule has 0 aromatic carbocycles. The van der Waals surface area contributed by atoms with Crippen LogP contribution in [0.25, 0.3) is 5.65 Å². The Morgan fingerprint density at radius 1 is 1.17 bits per heavy atom. The van der Waals surface area contributed by atoms with Gasteiger partial charge in [-0.1, -0.05) is 6.07 Å². The Labute approximate surface area is 103 Å². The highest BCUT2D eigenvalue weighted by molar-refractivity contribution is 6.03. The molecular formula is C13H10N4O. The van der Waals surface area contributed by atoms with Gasteiger partial charge in [0, 0.05) is 24.2 Å². The molecule has 0 atom stereocenters. The quantitative estimate of drug-likeness (QED) is 0.742. The van der Waals surface area contributed by atoms with Crippen LogP contribution in [0.1, 0.15) is 10.4 Å². The normalized spacial score (nSPS) is 10.4. The van der Waals surface area contributed by atoms with Gasteiger partial charge in [0.15, 0.2) is 5.82 Å². The zero-order valence-electron chi connectivity index (χ0n) is 9.45. The van der Waals surface area contributed by atoms with E-state index in [1.165, 1.54) is 0 Å². The van der Waals surface area contributed by atoms with Crippen molar-refractivity contribution in [2.75, 3.05) is 5.32 Å². The van der Waals surface area contributed by atoms with Crippen molar-refractivity contribution in [2.24, 2.45) is 0 Å². The predicted molar refractivity (Wildman–Crippen MR) is 67.4 cm³/mol. The van der Waals surface area contributed by atoms with Gasteiger partial charge >= 0.3 is 0 Å². The van der Waals surface area contributed by atoms with E-state index in [-0.39, 0.29) is 5.91 Å². The van der Waals surface area contributed by atoms with Crippen LogP contribution in [0.4, 0.5) is 5.82 Å². The Kier molecular flexibility index (Phi) is 2.49. The van der Waals surface area contributed by atoms with Crippen molar-refractivity contribution in [3.8, 4) is 0 Å². The number of nitrogens with zero attached hydrogens (tertiary/aromatic N) is 3. The number of amides is 1. The van der Waals surface area contributed by atoms with Gasteiger partial charge in [-0.15, -0.1) is 0 Å². The lowest BCUT2D eigenvalue weighted by Gasteiger charge is -2.00. The summed E-state index contributed by atoms with van der Waals surface area (Å²) in [5, 5.41) is 2.75. The van der Waals surface area contributed by atoms with E-state index in [9.17, 15) is 4.79 Å². The van der Waals surface area contributed by atoms with Gasteiger partial charge in [0.2, 0.25) is 0 Å². The molecule has 18 heavy (non-hydrogen) atoms. The van der Waals surface area contributed by atoms with E-state index in [0.29, 0.717) is 11.4 Å². The molecule has 5 nitrogen and oxygen atoms in total. The maximum atomic E-state index is 11.9. The Bertz CT molecular complexity index is 657. The fraction of sp³-hybridized carbons (Fsp3) is 0. The molecule has 88 valence electrons. The predicted octanol–water partition coefficient (Wildman–Crippen LogP) is 1.98. The van der Waals surface area contributed by atoms with Crippen molar-refractivity contribution < 1.29 is 4.79 Å². The summed E-state index contributed by atoms with van der Waals surface area (Å²) >= 11 is 0. The molecule has 3 heterocycles. The summed E-state index contributed by atoms with van der Waals surface area (Å²) < 4.78 is 1.85. The zero-order valence-corrected chi connectivity index (χ0v) is 9.45. The molecule has 0 spiro atoms. The first-order valence-electron chi connectivity index (χ1n) is 5.48. The molecule has 0 aliphatic rings. The molecule has 1 N–H and O–H groups in total. The van der Waals surface area contributed by atoms with Gasteiger partial charge in [0.1, 0.15) is 5.65 Å². The van der Waals surface area contributed by atoms with Gasteiger partial charge in [-0.25, -0.2) is 4.98 Å². The van der Waals surface area contributed by atoms with Crippen molar-refractivity contribution in [1.82, 2.24) is 14.4 Å². The summed E-state index contributed by atoms with van der Waals surface area (Å²) in [5.74, 6) is 0.337. The lowest BCUT2D eigenvalue weighted by atomic mass is 10.2. The summed E-state index contributed by atoms with van der Waals surface area (Å²) in [5.41, 5.74) is 1.35. The minimum atomic E-state index is -0.194. The summed E-state index contributed by atoms with van der Waals surface area (Å²) in [7, 11) is 0. The fourth-order valence-corrected chi connectivity index (χ4v) is 1.69. The average Bonchev–Trinajstić information content (AvgIpc) is 2.82. The maximum Gasteiger partial charge on any atom is 0.256 e. The van der Waals surface area contributed by atoms with Gasteiger partial charge in [-0.2, -0.15) is 0 Å². The van der Waals surface area contributed by atoms with E-state index in [2.05, 4.69) is 15.3 Å². The maximum absolute atomic E-state index is 11.9. The van der Waals surface area contributed by atoms with Crippen LogP contribution in [0.3, 0.4) is 0 Å². The van der Waals surface area contributed by atoms with E-state index >= 15 is 0 Å². The summed E-state index contributed by atoms with van der Waals surface area (Å²) in [6, 6.07) is 9.00.